The molecule has 5 nitrogen and oxygen atoms in total. The van der Waals surface area contributed by atoms with E-state index in [0.29, 0.717) is 11.4 Å². The summed E-state index contributed by atoms with van der Waals surface area (Å²) in [5, 5.41) is 4.74. The lowest BCUT2D eigenvalue weighted by atomic mass is 10.1. The van der Waals surface area contributed by atoms with Crippen LogP contribution in [-0.2, 0) is 21.3 Å². The number of thiophene rings is 1. The summed E-state index contributed by atoms with van der Waals surface area (Å²) in [5.41, 5.74) is -0.522. The van der Waals surface area contributed by atoms with Gasteiger partial charge in [-0.05, 0) is 32.3 Å². The number of nitrogens with one attached hydrogen (secondary N) is 2. The first-order chi connectivity index (χ1) is 8.32. The van der Waals surface area contributed by atoms with Crippen LogP contribution in [0.15, 0.2) is 16.3 Å². The van der Waals surface area contributed by atoms with E-state index in [9.17, 15) is 8.42 Å². The van der Waals surface area contributed by atoms with Crippen LogP contribution in [0.4, 0.5) is 0 Å². The van der Waals surface area contributed by atoms with Crippen LogP contribution in [0.5, 0.6) is 0 Å². The largest absolute Gasteiger partial charge is 0.377 e. The molecule has 0 saturated heterocycles. The highest BCUT2D eigenvalue weighted by molar-refractivity contribution is 7.89. The van der Waals surface area contributed by atoms with Gasteiger partial charge in [0.1, 0.15) is 0 Å². The van der Waals surface area contributed by atoms with E-state index in [2.05, 4.69) is 10.0 Å². The molecule has 0 amide bonds. The number of sulfonamides is 1. The lowest BCUT2D eigenvalue weighted by Gasteiger charge is -2.23. The fourth-order valence-electron chi connectivity index (χ4n) is 1.28. The molecule has 0 unspecified atom stereocenters. The molecule has 104 valence electrons. The Kier molecular flexibility index (Phi) is 5.30. The minimum absolute atomic E-state index is 0.237. The monoisotopic (exact) mass is 292 g/mol. The zero-order valence-corrected chi connectivity index (χ0v) is 12.7. The van der Waals surface area contributed by atoms with Crippen molar-refractivity contribution in [3.8, 4) is 0 Å². The molecule has 7 heteroatoms. The summed E-state index contributed by atoms with van der Waals surface area (Å²) in [4.78, 5) is 1.15. The Labute approximate surface area is 113 Å². The molecular weight excluding hydrogens is 272 g/mol. The molecular formula is C11H20N2O3S2. The van der Waals surface area contributed by atoms with Crippen molar-refractivity contribution in [2.75, 3.05) is 20.7 Å². The molecule has 0 atom stereocenters. The van der Waals surface area contributed by atoms with Gasteiger partial charge in [-0.1, -0.05) is 0 Å². The van der Waals surface area contributed by atoms with Gasteiger partial charge in [0.25, 0.3) is 0 Å². The normalized spacial score (nSPS) is 12.9. The van der Waals surface area contributed by atoms with Gasteiger partial charge >= 0.3 is 0 Å². The number of hydrogen-bond donors (Lipinski definition) is 2. The van der Waals surface area contributed by atoms with Gasteiger partial charge in [0.2, 0.25) is 10.0 Å². The van der Waals surface area contributed by atoms with Gasteiger partial charge in [-0.15, -0.1) is 11.3 Å². The number of rotatable bonds is 7. The molecule has 1 heterocycles. The second kappa shape index (κ2) is 6.12. The van der Waals surface area contributed by atoms with Crippen LogP contribution in [0.25, 0.3) is 0 Å². The van der Waals surface area contributed by atoms with Gasteiger partial charge < -0.3 is 10.1 Å². The molecule has 0 bridgehead atoms. The fraction of sp³-hybridized carbons (Fsp3) is 0.636. The van der Waals surface area contributed by atoms with E-state index >= 15 is 0 Å². The second-order valence-electron chi connectivity index (χ2n) is 4.53. The highest BCUT2D eigenvalue weighted by Gasteiger charge is 2.24. The highest BCUT2D eigenvalue weighted by Crippen LogP contribution is 2.22. The highest BCUT2D eigenvalue weighted by atomic mass is 32.2. The minimum Gasteiger partial charge on any atom is -0.377 e. The maximum atomic E-state index is 12.2. The van der Waals surface area contributed by atoms with Crippen molar-refractivity contribution in [2.24, 2.45) is 0 Å². The summed E-state index contributed by atoms with van der Waals surface area (Å²) in [6, 6.07) is 1.62. The average molecular weight is 292 g/mol. The summed E-state index contributed by atoms with van der Waals surface area (Å²) < 4.78 is 32.1. The number of ether oxygens (including phenoxy) is 1. The Hall–Kier alpha value is -0.470. The lowest BCUT2D eigenvalue weighted by Crippen LogP contribution is -2.39. The summed E-state index contributed by atoms with van der Waals surface area (Å²) in [6.07, 6.45) is 0. The van der Waals surface area contributed by atoms with Crippen LogP contribution >= 0.6 is 11.3 Å². The average Bonchev–Trinajstić information content (AvgIpc) is 2.76. The first-order valence-corrected chi connectivity index (χ1v) is 7.94. The Morgan fingerprint density at radius 1 is 1.44 bits per heavy atom. The Morgan fingerprint density at radius 3 is 2.67 bits per heavy atom. The fourth-order valence-corrected chi connectivity index (χ4v) is 3.93. The van der Waals surface area contributed by atoms with Crippen molar-refractivity contribution < 1.29 is 13.2 Å². The van der Waals surface area contributed by atoms with E-state index in [1.54, 1.807) is 25.6 Å². The molecule has 1 aromatic rings. The SMILES string of the molecule is CNCc1sccc1S(=O)(=O)NCC(C)(C)OC. The predicted octanol–water partition coefficient (Wildman–Crippen LogP) is 1.17. The summed E-state index contributed by atoms with van der Waals surface area (Å²) in [6.45, 7) is 4.44. The predicted molar refractivity (Wildman–Crippen MR) is 73.4 cm³/mol. The van der Waals surface area contributed by atoms with Crippen molar-refractivity contribution in [2.45, 2.75) is 30.9 Å². The Morgan fingerprint density at radius 2 is 2.11 bits per heavy atom. The van der Waals surface area contributed by atoms with Gasteiger partial charge in [-0.25, -0.2) is 13.1 Å². The third-order valence-corrected chi connectivity index (χ3v) is 5.11. The molecule has 0 aliphatic heterocycles. The molecule has 0 fully saturated rings. The van der Waals surface area contributed by atoms with Crippen LogP contribution in [0.3, 0.4) is 0 Å². The van der Waals surface area contributed by atoms with Crippen molar-refractivity contribution in [3.63, 3.8) is 0 Å². The summed E-state index contributed by atoms with van der Waals surface area (Å²) >= 11 is 1.43. The summed E-state index contributed by atoms with van der Waals surface area (Å²) in [7, 11) is -0.123. The van der Waals surface area contributed by atoms with Crippen LogP contribution in [0.2, 0.25) is 0 Å². The lowest BCUT2D eigenvalue weighted by molar-refractivity contribution is 0.0276. The maximum absolute atomic E-state index is 12.2. The van der Waals surface area contributed by atoms with Crippen LogP contribution < -0.4 is 10.0 Å². The van der Waals surface area contributed by atoms with Gasteiger partial charge in [0, 0.05) is 25.1 Å². The zero-order chi connectivity index (χ0) is 13.8. The molecule has 0 saturated carbocycles. The molecule has 0 aromatic carbocycles. The van der Waals surface area contributed by atoms with Gasteiger partial charge in [-0.2, -0.15) is 0 Å². The van der Waals surface area contributed by atoms with Crippen molar-refractivity contribution in [1.82, 2.24) is 10.0 Å². The molecule has 0 spiro atoms. The zero-order valence-electron chi connectivity index (χ0n) is 11.1. The summed E-state index contributed by atoms with van der Waals surface area (Å²) in [5.74, 6) is 0. The Balaban J connectivity index is 2.83. The van der Waals surface area contributed by atoms with Crippen molar-refractivity contribution in [3.05, 3.63) is 16.3 Å². The van der Waals surface area contributed by atoms with Gasteiger partial charge in [-0.3, -0.25) is 0 Å². The van der Waals surface area contributed by atoms with E-state index in [-0.39, 0.29) is 6.54 Å². The molecule has 18 heavy (non-hydrogen) atoms. The van der Waals surface area contributed by atoms with Crippen LogP contribution in [-0.4, -0.2) is 34.7 Å². The first-order valence-electron chi connectivity index (χ1n) is 5.58. The maximum Gasteiger partial charge on any atom is 0.241 e. The molecule has 0 aliphatic carbocycles. The quantitative estimate of drug-likeness (QED) is 0.791. The second-order valence-corrected chi connectivity index (χ2v) is 7.26. The Bertz CT molecular complexity index is 480. The molecule has 1 aromatic heterocycles. The van der Waals surface area contributed by atoms with Crippen molar-refractivity contribution in [1.29, 1.82) is 0 Å². The van der Waals surface area contributed by atoms with E-state index in [4.69, 9.17) is 4.74 Å². The first kappa shape index (κ1) is 15.6. The number of methoxy groups -OCH3 is 1. The molecule has 1 rings (SSSR count). The number of hydrogen-bond acceptors (Lipinski definition) is 5. The standard InChI is InChI=1S/C11H20N2O3S2/c1-11(2,16-4)8-13-18(14,15)10-5-6-17-9(10)7-12-3/h5-6,12-13H,7-8H2,1-4H3. The third-order valence-electron chi connectivity index (χ3n) is 2.57. The van der Waals surface area contributed by atoms with Gasteiger partial charge in [0.15, 0.2) is 0 Å². The van der Waals surface area contributed by atoms with Crippen molar-refractivity contribution >= 4 is 21.4 Å². The van der Waals surface area contributed by atoms with E-state index in [1.165, 1.54) is 11.3 Å². The minimum atomic E-state index is -3.47. The molecule has 0 radical (unpaired) electrons. The molecule has 2 N–H and O–H groups in total. The van der Waals surface area contributed by atoms with E-state index in [1.807, 2.05) is 13.8 Å². The van der Waals surface area contributed by atoms with E-state index < -0.39 is 15.6 Å². The van der Waals surface area contributed by atoms with E-state index in [0.717, 1.165) is 4.88 Å². The smallest absolute Gasteiger partial charge is 0.241 e. The van der Waals surface area contributed by atoms with Crippen LogP contribution in [0.1, 0.15) is 18.7 Å². The third kappa shape index (κ3) is 4.03. The molecule has 0 aliphatic rings. The van der Waals surface area contributed by atoms with Crippen LogP contribution in [0, 0.1) is 0 Å². The topological polar surface area (TPSA) is 67.4 Å². The van der Waals surface area contributed by atoms with Gasteiger partial charge in [0.05, 0.1) is 10.5 Å².